The minimum absolute atomic E-state index is 0.0867. The number of ether oxygens (including phenoxy) is 2. The summed E-state index contributed by atoms with van der Waals surface area (Å²) >= 11 is 0. The minimum atomic E-state index is 0.0867. The summed E-state index contributed by atoms with van der Waals surface area (Å²) in [6.45, 7) is 6.18. The SMILES string of the molecule is COc1ccc(Cc2ccc(CN3CCCC3)c(C)c2)c(OCC2CCC(=O)N2)c1. The zero-order chi connectivity index (χ0) is 20.9. The summed E-state index contributed by atoms with van der Waals surface area (Å²) in [7, 11) is 1.67. The fourth-order valence-electron chi connectivity index (χ4n) is 4.38. The van der Waals surface area contributed by atoms with E-state index in [1.165, 1.54) is 42.6 Å². The van der Waals surface area contributed by atoms with Gasteiger partial charge in [-0.15, -0.1) is 0 Å². The van der Waals surface area contributed by atoms with Gasteiger partial charge in [0.05, 0.1) is 13.2 Å². The van der Waals surface area contributed by atoms with Crippen molar-refractivity contribution in [3.8, 4) is 11.5 Å². The molecule has 2 aliphatic heterocycles. The van der Waals surface area contributed by atoms with Gasteiger partial charge in [0.1, 0.15) is 18.1 Å². The van der Waals surface area contributed by atoms with Crippen molar-refractivity contribution in [1.29, 1.82) is 0 Å². The number of carbonyl (C=O) groups is 1. The number of hydrogen-bond donors (Lipinski definition) is 1. The molecule has 2 aromatic carbocycles. The Labute approximate surface area is 179 Å². The highest BCUT2D eigenvalue weighted by Gasteiger charge is 2.21. The predicted octanol–water partition coefficient (Wildman–Crippen LogP) is 3.85. The van der Waals surface area contributed by atoms with Crippen molar-refractivity contribution in [3.63, 3.8) is 0 Å². The standard InChI is InChI=1S/C25H32N2O3/c1-18-13-19(5-6-21(18)16-27-11-3-4-12-27)14-20-7-9-23(29-2)15-24(20)30-17-22-8-10-25(28)26-22/h5-7,9,13,15,22H,3-4,8,10-12,14,16-17H2,1-2H3,(H,26,28). The van der Waals surface area contributed by atoms with Crippen LogP contribution in [0.25, 0.3) is 0 Å². The van der Waals surface area contributed by atoms with Gasteiger partial charge < -0.3 is 14.8 Å². The van der Waals surface area contributed by atoms with Crippen LogP contribution in [0.5, 0.6) is 11.5 Å². The highest BCUT2D eigenvalue weighted by atomic mass is 16.5. The average molecular weight is 409 g/mol. The van der Waals surface area contributed by atoms with Crippen molar-refractivity contribution in [1.82, 2.24) is 10.2 Å². The summed E-state index contributed by atoms with van der Waals surface area (Å²) in [6.07, 6.45) is 4.86. The third-order valence-electron chi connectivity index (χ3n) is 6.19. The number of methoxy groups -OCH3 is 1. The molecule has 1 N–H and O–H groups in total. The number of benzene rings is 2. The lowest BCUT2D eigenvalue weighted by Gasteiger charge is -2.18. The fourth-order valence-corrected chi connectivity index (χ4v) is 4.38. The van der Waals surface area contributed by atoms with Crippen LogP contribution < -0.4 is 14.8 Å². The van der Waals surface area contributed by atoms with Crippen molar-refractivity contribution in [2.75, 3.05) is 26.8 Å². The molecule has 30 heavy (non-hydrogen) atoms. The summed E-state index contributed by atoms with van der Waals surface area (Å²) in [4.78, 5) is 14.0. The number of rotatable bonds is 8. The van der Waals surface area contributed by atoms with Crippen molar-refractivity contribution in [2.24, 2.45) is 0 Å². The fraction of sp³-hybridized carbons (Fsp3) is 0.480. The summed E-state index contributed by atoms with van der Waals surface area (Å²) in [5.41, 5.74) is 5.18. The molecule has 1 amide bonds. The number of hydrogen-bond acceptors (Lipinski definition) is 4. The number of amides is 1. The maximum atomic E-state index is 11.5. The van der Waals surface area contributed by atoms with Crippen molar-refractivity contribution in [3.05, 3.63) is 58.7 Å². The van der Waals surface area contributed by atoms with Gasteiger partial charge in [-0.25, -0.2) is 0 Å². The Kier molecular flexibility index (Phi) is 6.58. The molecule has 0 radical (unpaired) electrons. The Morgan fingerprint density at radius 2 is 1.90 bits per heavy atom. The van der Waals surface area contributed by atoms with Gasteiger partial charge in [0.2, 0.25) is 5.91 Å². The number of nitrogens with zero attached hydrogens (tertiary/aromatic N) is 1. The van der Waals surface area contributed by atoms with Crippen LogP contribution in [0, 0.1) is 6.92 Å². The van der Waals surface area contributed by atoms with Gasteiger partial charge >= 0.3 is 0 Å². The van der Waals surface area contributed by atoms with E-state index in [-0.39, 0.29) is 11.9 Å². The van der Waals surface area contributed by atoms with Crippen molar-refractivity contribution >= 4 is 5.91 Å². The summed E-state index contributed by atoms with van der Waals surface area (Å²) in [5.74, 6) is 1.72. The lowest BCUT2D eigenvalue weighted by atomic mass is 9.99. The predicted molar refractivity (Wildman–Crippen MR) is 118 cm³/mol. The van der Waals surface area contributed by atoms with Crippen LogP contribution in [-0.2, 0) is 17.8 Å². The van der Waals surface area contributed by atoms with Crippen LogP contribution in [-0.4, -0.2) is 43.7 Å². The minimum Gasteiger partial charge on any atom is -0.497 e. The van der Waals surface area contributed by atoms with E-state index in [0.29, 0.717) is 13.0 Å². The van der Waals surface area contributed by atoms with Crippen LogP contribution in [0.1, 0.15) is 47.9 Å². The smallest absolute Gasteiger partial charge is 0.220 e. The molecule has 4 rings (SSSR count). The zero-order valence-corrected chi connectivity index (χ0v) is 18.1. The molecule has 160 valence electrons. The number of likely N-dealkylation sites (tertiary alicyclic amines) is 1. The van der Waals surface area contributed by atoms with Crippen LogP contribution in [0.2, 0.25) is 0 Å². The molecule has 0 saturated carbocycles. The molecule has 5 nitrogen and oxygen atoms in total. The second-order valence-electron chi connectivity index (χ2n) is 8.51. The second-order valence-corrected chi connectivity index (χ2v) is 8.51. The third-order valence-corrected chi connectivity index (χ3v) is 6.19. The molecule has 5 heteroatoms. The number of nitrogens with one attached hydrogen (secondary N) is 1. The molecule has 2 fully saturated rings. The number of carbonyl (C=O) groups excluding carboxylic acids is 1. The highest BCUT2D eigenvalue weighted by Crippen LogP contribution is 2.28. The zero-order valence-electron chi connectivity index (χ0n) is 18.1. The van der Waals surface area contributed by atoms with Gasteiger partial charge in [-0.05, 0) is 67.6 Å². The molecular formula is C25H32N2O3. The molecule has 2 aliphatic rings. The normalized spacial score (nSPS) is 19.1. The maximum Gasteiger partial charge on any atom is 0.220 e. The van der Waals surface area contributed by atoms with Crippen LogP contribution in [0.4, 0.5) is 0 Å². The van der Waals surface area contributed by atoms with Gasteiger partial charge in [-0.2, -0.15) is 0 Å². The molecule has 0 spiro atoms. The first-order valence-corrected chi connectivity index (χ1v) is 11.0. The van der Waals surface area contributed by atoms with Crippen LogP contribution >= 0.6 is 0 Å². The van der Waals surface area contributed by atoms with Crippen LogP contribution in [0.15, 0.2) is 36.4 Å². The Hall–Kier alpha value is -2.53. The first kappa shape index (κ1) is 20.7. The van der Waals surface area contributed by atoms with E-state index in [2.05, 4.69) is 41.4 Å². The lowest BCUT2D eigenvalue weighted by Crippen LogP contribution is -2.31. The number of aryl methyl sites for hydroxylation is 1. The van der Waals surface area contributed by atoms with E-state index >= 15 is 0 Å². The van der Waals surface area contributed by atoms with E-state index < -0.39 is 0 Å². The second kappa shape index (κ2) is 9.52. The van der Waals surface area contributed by atoms with Crippen molar-refractivity contribution in [2.45, 2.75) is 51.6 Å². The average Bonchev–Trinajstić information content (AvgIpc) is 3.41. The lowest BCUT2D eigenvalue weighted by molar-refractivity contribution is -0.119. The maximum absolute atomic E-state index is 11.5. The van der Waals surface area contributed by atoms with E-state index in [0.717, 1.165) is 36.4 Å². The van der Waals surface area contributed by atoms with Gasteiger partial charge in [0, 0.05) is 25.5 Å². The first-order valence-electron chi connectivity index (χ1n) is 11.0. The monoisotopic (exact) mass is 408 g/mol. The molecule has 0 aromatic heterocycles. The Morgan fingerprint density at radius 3 is 2.60 bits per heavy atom. The third kappa shape index (κ3) is 5.14. The topological polar surface area (TPSA) is 50.8 Å². The molecule has 2 aromatic rings. The van der Waals surface area contributed by atoms with Gasteiger partial charge in [0.25, 0.3) is 0 Å². The Balaban J connectivity index is 1.46. The molecule has 2 heterocycles. The first-order chi connectivity index (χ1) is 14.6. The Morgan fingerprint density at radius 1 is 1.10 bits per heavy atom. The molecule has 1 unspecified atom stereocenters. The van der Waals surface area contributed by atoms with E-state index in [1.807, 2.05) is 12.1 Å². The molecule has 1 atom stereocenters. The summed E-state index contributed by atoms with van der Waals surface area (Å²) in [6, 6.07) is 12.9. The molecular weight excluding hydrogens is 376 g/mol. The van der Waals surface area contributed by atoms with Gasteiger partial charge in [0.15, 0.2) is 0 Å². The van der Waals surface area contributed by atoms with Gasteiger partial charge in [-0.3, -0.25) is 9.69 Å². The van der Waals surface area contributed by atoms with Crippen LogP contribution in [0.3, 0.4) is 0 Å². The van der Waals surface area contributed by atoms with E-state index in [1.54, 1.807) is 7.11 Å². The molecule has 0 aliphatic carbocycles. The molecule has 2 saturated heterocycles. The summed E-state index contributed by atoms with van der Waals surface area (Å²) < 4.78 is 11.5. The van der Waals surface area contributed by atoms with E-state index in [9.17, 15) is 4.79 Å². The highest BCUT2D eigenvalue weighted by molar-refractivity contribution is 5.78. The van der Waals surface area contributed by atoms with E-state index in [4.69, 9.17) is 9.47 Å². The van der Waals surface area contributed by atoms with Crippen molar-refractivity contribution < 1.29 is 14.3 Å². The largest absolute Gasteiger partial charge is 0.497 e. The van der Waals surface area contributed by atoms with Gasteiger partial charge in [-0.1, -0.05) is 24.3 Å². The Bertz CT molecular complexity index is 890. The quantitative estimate of drug-likeness (QED) is 0.721. The summed E-state index contributed by atoms with van der Waals surface area (Å²) in [5, 5.41) is 2.97. The molecule has 0 bridgehead atoms.